The molecule has 0 saturated heterocycles. The summed E-state index contributed by atoms with van der Waals surface area (Å²) >= 11 is 0. The molecule has 7 nitrogen and oxygen atoms in total. The molecule has 0 aliphatic carbocycles. The second-order valence-electron chi connectivity index (χ2n) is 5.61. The van der Waals surface area contributed by atoms with Crippen LogP contribution in [0.2, 0.25) is 0 Å². The number of amides is 1. The fourth-order valence-electron chi connectivity index (χ4n) is 2.51. The average Bonchev–Trinajstić information content (AvgIpc) is 2.70. The van der Waals surface area contributed by atoms with E-state index < -0.39 is 0 Å². The minimum absolute atomic E-state index is 0.229. The highest BCUT2D eigenvalue weighted by Gasteiger charge is 2.12. The van der Waals surface area contributed by atoms with Crippen LogP contribution in [0.1, 0.15) is 10.4 Å². The van der Waals surface area contributed by atoms with Gasteiger partial charge in [0, 0.05) is 17.3 Å². The smallest absolute Gasteiger partial charge is 0.256 e. The van der Waals surface area contributed by atoms with E-state index in [1.54, 1.807) is 36.4 Å². The van der Waals surface area contributed by atoms with Crippen molar-refractivity contribution in [2.45, 2.75) is 0 Å². The number of carbonyl (C=O) groups excluding carboxylic acids is 1. The van der Waals surface area contributed by atoms with Gasteiger partial charge in [0.25, 0.3) is 5.91 Å². The standard InChI is InChI=1S/C19H16N4O3/c24-19(13-4-2-1-3-5-13)21-18-9-8-17(22-23-18)20-14-6-7-15-16(12-14)26-11-10-25-15/h1-9,12H,10-11H2,(H,20,22)(H,21,23,24). The highest BCUT2D eigenvalue weighted by Crippen LogP contribution is 2.33. The van der Waals surface area contributed by atoms with Gasteiger partial charge in [0.2, 0.25) is 0 Å². The molecule has 1 aliphatic heterocycles. The Hall–Kier alpha value is -3.61. The van der Waals surface area contributed by atoms with Crippen LogP contribution in [0.5, 0.6) is 11.5 Å². The van der Waals surface area contributed by atoms with Gasteiger partial charge >= 0.3 is 0 Å². The minimum Gasteiger partial charge on any atom is -0.486 e. The van der Waals surface area contributed by atoms with Crippen LogP contribution in [0.3, 0.4) is 0 Å². The second-order valence-corrected chi connectivity index (χ2v) is 5.61. The third-order valence-electron chi connectivity index (χ3n) is 3.76. The van der Waals surface area contributed by atoms with Crippen LogP contribution in [0.15, 0.2) is 60.7 Å². The lowest BCUT2D eigenvalue weighted by Crippen LogP contribution is -2.15. The second kappa shape index (κ2) is 7.10. The number of rotatable bonds is 4. The Balaban J connectivity index is 1.42. The molecule has 2 aromatic carbocycles. The molecule has 7 heteroatoms. The highest BCUT2D eigenvalue weighted by molar-refractivity contribution is 6.03. The summed E-state index contributed by atoms with van der Waals surface area (Å²) in [5.74, 6) is 2.13. The molecule has 130 valence electrons. The van der Waals surface area contributed by atoms with E-state index in [2.05, 4.69) is 20.8 Å². The van der Waals surface area contributed by atoms with Crippen LogP contribution in [-0.2, 0) is 0 Å². The Kier molecular flexibility index (Phi) is 4.34. The zero-order chi connectivity index (χ0) is 17.8. The summed E-state index contributed by atoms with van der Waals surface area (Å²) in [5.41, 5.74) is 1.37. The topological polar surface area (TPSA) is 85.4 Å². The molecule has 1 aliphatic rings. The summed E-state index contributed by atoms with van der Waals surface area (Å²) in [6, 6.07) is 17.9. The van der Waals surface area contributed by atoms with Gasteiger partial charge in [-0.05, 0) is 36.4 Å². The number of carbonyl (C=O) groups is 1. The van der Waals surface area contributed by atoms with Gasteiger partial charge in [-0.1, -0.05) is 18.2 Å². The van der Waals surface area contributed by atoms with Gasteiger partial charge in [-0.25, -0.2) is 0 Å². The molecule has 0 unspecified atom stereocenters. The molecule has 2 N–H and O–H groups in total. The molecule has 0 spiro atoms. The lowest BCUT2D eigenvalue weighted by atomic mass is 10.2. The predicted octanol–water partition coefficient (Wildman–Crippen LogP) is 3.24. The van der Waals surface area contributed by atoms with Crippen molar-refractivity contribution in [3.63, 3.8) is 0 Å². The minimum atomic E-state index is -0.229. The van der Waals surface area contributed by atoms with Crippen molar-refractivity contribution in [3.8, 4) is 11.5 Å². The summed E-state index contributed by atoms with van der Waals surface area (Å²) < 4.78 is 11.1. The van der Waals surface area contributed by atoms with Crippen LogP contribution in [0, 0.1) is 0 Å². The van der Waals surface area contributed by atoms with Crippen molar-refractivity contribution in [2.24, 2.45) is 0 Å². The summed E-state index contributed by atoms with van der Waals surface area (Å²) in [7, 11) is 0. The van der Waals surface area contributed by atoms with Gasteiger partial charge in [-0.15, -0.1) is 10.2 Å². The third kappa shape index (κ3) is 3.56. The number of anilines is 3. The molecule has 1 amide bonds. The molecule has 4 rings (SSSR count). The molecular weight excluding hydrogens is 332 g/mol. The number of hydrogen-bond acceptors (Lipinski definition) is 6. The Morgan fingerprint density at radius 3 is 2.35 bits per heavy atom. The van der Waals surface area contributed by atoms with Crippen molar-refractivity contribution in [1.29, 1.82) is 0 Å². The average molecular weight is 348 g/mol. The Bertz CT molecular complexity index is 914. The monoisotopic (exact) mass is 348 g/mol. The maximum absolute atomic E-state index is 12.1. The number of nitrogens with zero attached hydrogens (tertiary/aromatic N) is 2. The van der Waals surface area contributed by atoms with E-state index in [4.69, 9.17) is 9.47 Å². The van der Waals surface area contributed by atoms with E-state index in [0.29, 0.717) is 36.2 Å². The third-order valence-corrected chi connectivity index (χ3v) is 3.76. The predicted molar refractivity (Wildman–Crippen MR) is 97.1 cm³/mol. The molecule has 1 aromatic heterocycles. The number of aromatic nitrogens is 2. The number of hydrogen-bond donors (Lipinski definition) is 2. The molecule has 0 fully saturated rings. The van der Waals surface area contributed by atoms with Crippen molar-refractivity contribution in [3.05, 3.63) is 66.2 Å². The largest absolute Gasteiger partial charge is 0.486 e. The first-order valence-electron chi connectivity index (χ1n) is 8.15. The number of benzene rings is 2. The molecule has 26 heavy (non-hydrogen) atoms. The fourth-order valence-corrected chi connectivity index (χ4v) is 2.51. The summed E-state index contributed by atoms with van der Waals surface area (Å²) in [5, 5.41) is 14.0. The molecule has 0 radical (unpaired) electrons. The normalized spacial score (nSPS) is 12.3. The highest BCUT2D eigenvalue weighted by atomic mass is 16.6. The van der Waals surface area contributed by atoms with E-state index in [-0.39, 0.29) is 5.91 Å². The molecule has 2 heterocycles. The first kappa shape index (κ1) is 15.9. The van der Waals surface area contributed by atoms with E-state index in [1.807, 2.05) is 24.3 Å². The quantitative estimate of drug-likeness (QED) is 0.753. The van der Waals surface area contributed by atoms with E-state index in [0.717, 1.165) is 11.4 Å². The van der Waals surface area contributed by atoms with Gasteiger partial charge in [0.1, 0.15) is 13.2 Å². The molecule has 0 saturated carbocycles. The van der Waals surface area contributed by atoms with E-state index in [9.17, 15) is 4.79 Å². The Morgan fingerprint density at radius 2 is 1.58 bits per heavy atom. The number of ether oxygens (including phenoxy) is 2. The number of nitrogens with one attached hydrogen (secondary N) is 2. The van der Waals surface area contributed by atoms with Gasteiger partial charge in [-0.2, -0.15) is 0 Å². The van der Waals surface area contributed by atoms with Crippen molar-refractivity contribution >= 4 is 23.2 Å². The van der Waals surface area contributed by atoms with Crippen molar-refractivity contribution in [2.75, 3.05) is 23.8 Å². The van der Waals surface area contributed by atoms with Crippen LogP contribution in [0.4, 0.5) is 17.3 Å². The first-order valence-corrected chi connectivity index (χ1v) is 8.15. The first-order chi connectivity index (χ1) is 12.8. The molecule has 0 atom stereocenters. The zero-order valence-electron chi connectivity index (χ0n) is 13.8. The van der Waals surface area contributed by atoms with E-state index in [1.165, 1.54) is 0 Å². The van der Waals surface area contributed by atoms with Crippen molar-refractivity contribution < 1.29 is 14.3 Å². The van der Waals surface area contributed by atoms with Crippen LogP contribution < -0.4 is 20.1 Å². The van der Waals surface area contributed by atoms with E-state index >= 15 is 0 Å². The van der Waals surface area contributed by atoms with Gasteiger partial charge in [0.05, 0.1) is 0 Å². The summed E-state index contributed by atoms with van der Waals surface area (Å²) in [6.07, 6.45) is 0. The Labute approximate surface area is 150 Å². The lowest BCUT2D eigenvalue weighted by molar-refractivity contribution is 0.102. The zero-order valence-corrected chi connectivity index (χ0v) is 13.8. The fraction of sp³-hybridized carbons (Fsp3) is 0.105. The molecular formula is C19H16N4O3. The van der Waals surface area contributed by atoms with Gasteiger partial charge in [-0.3, -0.25) is 4.79 Å². The van der Waals surface area contributed by atoms with Gasteiger partial charge < -0.3 is 20.1 Å². The molecule has 3 aromatic rings. The van der Waals surface area contributed by atoms with Crippen LogP contribution in [-0.4, -0.2) is 29.3 Å². The van der Waals surface area contributed by atoms with Crippen LogP contribution in [0.25, 0.3) is 0 Å². The summed E-state index contributed by atoms with van der Waals surface area (Å²) in [6.45, 7) is 1.09. The van der Waals surface area contributed by atoms with Crippen molar-refractivity contribution in [1.82, 2.24) is 10.2 Å². The Morgan fingerprint density at radius 1 is 0.846 bits per heavy atom. The lowest BCUT2D eigenvalue weighted by Gasteiger charge is -2.19. The van der Waals surface area contributed by atoms with Gasteiger partial charge in [0.15, 0.2) is 23.1 Å². The molecule has 0 bridgehead atoms. The maximum Gasteiger partial charge on any atom is 0.256 e. The van der Waals surface area contributed by atoms with Crippen LogP contribution >= 0.6 is 0 Å². The number of fused-ring (bicyclic) bond motifs is 1. The summed E-state index contributed by atoms with van der Waals surface area (Å²) in [4.78, 5) is 12.1. The maximum atomic E-state index is 12.1. The SMILES string of the molecule is O=C(Nc1ccc(Nc2ccc3c(c2)OCCO3)nn1)c1ccccc1.